The van der Waals surface area contributed by atoms with Crippen LogP contribution in [0.4, 0.5) is 5.82 Å². The topological polar surface area (TPSA) is 70.3 Å². The van der Waals surface area contributed by atoms with Crippen LogP contribution in [0.25, 0.3) is 11.4 Å². The first-order valence-corrected chi connectivity index (χ1v) is 6.99. The Morgan fingerprint density at radius 1 is 1.25 bits per heavy atom. The first kappa shape index (κ1) is 14.7. The van der Waals surface area contributed by atoms with Crippen LogP contribution in [0.2, 0.25) is 0 Å². The van der Waals surface area contributed by atoms with Gasteiger partial charge in [0.25, 0.3) is 0 Å². The molecule has 2 N–H and O–H groups in total. The van der Waals surface area contributed by atoms with Crippen LogP contribution in [0.1, 0.15) is 12.6 Å². The second kappa shape index (κ2) is 6.67. The third-order valence-corrected chi connectivity index (χ3v) is 3.52. The van der Waals surface area contributed by atoms with Gasteiger partial charge in [-0.25, -0.2) is 9.97 Å². The number of hydrogen-bond acceptors (Lipinski definition) is 5. The summed E-state index contributed by atoms with van der Waals surface area (Å²) in [5, 5.41) is 0. The normalized spacial score (nSPS) is 10.6. The van der Waals surface area contributed by atoms with Gasteiger partial charge in [-0.2, -0.15) is 0 Å². The average Bonchev–Trinajstić information content (AvgIpc) is 2.45. The van der Waals surface area contributed by atoms with Gasteiger partial charge in [0.05, 0.1) is 28.9 Å². The lowest BCUT2D eigenvalue weighted by molar-refractivity contribution is 0.181. The summed E-state index contributed by atoms with van der Waals surface area (Å²) in [6.45, 7) is 2.87. The Balaban J connectivity index is 2.52. The quantitative estimate of drug-likeness (QED) is 0.907. The highest BCUT2D eigenvalue weighted by Gasteiger charge is 2.14. The van der Waals surface area contributed by atoms with E-state index in [1.165, 1.54) is 0 Å². The van der Waals surface area contributed by atoms with E-state index in [2.05, 4.69) is 25.9 Å². The van der Waals surface area contributed by atoms with Crippen LogP contribution < -0.4 is 10.5 Å². The molecule has 1 aromatic carbocycles. The Morgan fingerprint density at radius 3 is 2.70 bits per heavy atom. The van der Waals surface area contributed by atoms with Gasteiger partial charge in [-0.3, -0.25) is 0 Å². The van der Waals surface area contributed by atoms with Crippen LogP contribution in [0.15, 0.2) is 28.7 Å². The molecule has 1 heterocycles. The minimum atomic E-state index is 0.358. The molecule has 0 saturated carbocycles. The fourth-order valence-corrected chi connectivity index (χ4v) is 2.09. The number of nitrogen functional groups attached to an aromatic ring is 1. The lowest BCUT2D eigenvalue weighted by Gasteiger charge is -2.11. The maximum Gasteiger partial charge on any atom is 0.165 e. The molecule has 0 atom stereocenters. The van der Waals surface area contributed by atoms with Crippen molar-refractivity contribution < 1.29 is 9.47 Å². The van der Waals surface area contributed by atoms with E-state index in [0.29, 0.717) is 35.0 Å². The van der Waals surface area contributed by atoms with Gasteiger partial charge in [-0.15, -0.1) is 0 Å². The highest BCUT2D eigenvalue weighted by molar-refractivity contribution is 9.10. The zero-order valence-electron chi connectivity index (χ0n) is 11.4. The molecule has 106 valence electrons. The zero-order valence-corrected chi connectivity index (χ0v) is 13.0. The summed E-state index contributed by atoms with van der Waals surface area (Å²) >= 11 is 3.38. The lowest BCUT2D eigenvalue weighted by atomic mass is 10.2. The van der Waals surface area contributed by atoms with Crippen molar-refractivity contribution in [3.63, 3.8) is 0 Å². The predicted octanol–water partition coefficient (Wildman–Crippen LogP) is 3.03. The molecule has 20 heavy (non-hydrogen) atoms. The van der Waals surface area contributed by atoms with Crippen molar-refractivity contribution in [2.45, 2.75) is 13.5 Å². The maximum absolute atomic E-state index is 5.92. The SMILES string of the molecule is CCOc1ccccc1-c1nc(N)c(Br)c(COC)n1. The van der Waals surface area contributed by atoms with Crippen molar-refractivity contribution in [1.82, 2.24) is 9.97 Å². The van der Waals surface area contributed by atoms with Crippen LogP contribution in [0.5, 0.6) is 5.75 Å². The summed E-state index contributed by atoms with van der Waals surface area (Å²) in [5.41, 5.74) is 7.44. The minimum absolute atomic E-state index is 0.358. The van der Waals surface area contributed by atoms with Gasteiger partial charge in [0.1, 0.15) is 11.6 Å². The van der Waals surface area contributed by atoms with Crippen molar-refractivity contribution in [3.8, 4) is 17.1 Å². The number of anilines is 1. The molecule has 5 nitrogen and oxygen atoms in total. The monoisotopic (exact) mass is 337 g/mol. The Kier molecular flexibility index (Phi) is 4.92. The van der Waals surface area contributed by atoms with Crippen LogP contribution >= 0.6 is 15.9 Å². The number of hydrogen-bond donors (Lipinski definition) is 1. The molecule has 0 spiro atoms. The second-order valence-electron chi connectivity index (χ2n) is 4.06. The van der Waals surface area contributed by atoms with Gasteiger partial charge < -0.3 is 15.2 Å². The molecule has 0 aliphatic heterocycles. The summed E-state index contributed by atoms with van der Waals surface area (Å²) in [6.07, 6.45) is 0. The number of halogens is 1. The fraction of sp³-hybridized carbons (Fsp3) is 0.286. The molecular weight excluding hydrogens is 322 g/mol. The molecule has 0 radical (unpaired) electrons. The zero-order chi connectivity index (χ0) is 14.5. The molecule has 0 bridgehead atoms. The molecule has 0 aliphatic rings. The number of rotatable bonds is 5. The summed E-state index contributed by atoms with van der Waals surface area (Å²) in [7, 11) is 1.61. The molecular formula is C14H16BrN3O2. The Bertz CT molecular complexity index is 605. The van der Waals surface area contributed by atoms with Crippen molar-refractivity contribution in [1.29, 1.82) is 0 Å². The molecule has 0 amide bonds. The van der Waals surface area contributed by atoms with Crippen molar-refractivity contribution in [2.24, 2.45) is 0 Å². The standard InChI is InChI=1S/C14H16BrN3O2/c1-3-20-11-7-5-4-6-9(11)14-17-10(8-19-2)12(15)13(16)18-14/h4-7H,3,8H2,1-2H3,(H2,16,17,18). The smallest absolute Gasteiger partial charge is 0.165 e. The van der Waals surface area contributed by atoms with Gasteiger partial charge >= 0.3 is 0 Å². The van der Waals surface area contributed by atoms with Crippen LogP contribution in [-0.4, -0.2) is 23.7 Å². The first-order chi connectivity index (χ1) is 9.67. The number of para-hydroxylation sites is 1. The van der Waals surface area contributed by atoms with Crippen molar-refractivity contribution >= 4 is 21.7 Å². The molecule has 0 fully saturated rings. The summed E-state index contributed by atoms with van der Waals surface area (Å²) in [6, 6.07) is 7.61. The molecule has 2 rings (SSSR count). The molecule has 1 aromatic heterocycles. The Labute approximate surface area is 126 Å². The van der Waals surface area contributed by atoms with Gasteiger partial charge in [0.15, 0.2) is 5.82 Å². The van der Waals surface area contributed by atoms with E-state index in [1.807, 2.05) is 31.2 Å². The van der Waals surface area contributed by atoms with E-state index in [1.54, 1.807) is 7.11 Å². The maximum atomic E-state index is 5.92. The second-order valence-corrected chi connectivity index (χ2v) is 4.85. The van der Waals surface area contributed by atoms with E-state index in [4.69, 9.17) is 15.2 Å². The molecule has 2 aromatic rings. The number of ether oxygens (including phenoxy) is 2. The van der Waals surface area contributed by atoms with E-state index in [0.717, 1.165) is 11.3 Å². The van der Waals surface area contributed by atoms with Gasteiger partial charge in [-0.1, -0.05) is 12.1 Å². The number of methoxy groups -OCH3 is 1. The average molecular weight is 338 g/mol. The van der Waals surface area contributed by atoms with Gasteiger partial charge in [0, 0.05) is 7.11 Å². The number of aromatic nitrogens is 2. The van der Waals surface area contributed by atoms with Crippen LogP contribution in [0, 0.1) is 0 Å². The predicted molar refractivity (Wildman–Crippen MR) is 81.5 cm³/mol. The third kappa shape index (κ3) is 3.08. The summed E-state index contributed by atoms with van der Waals surface area (Å²) in [4.78, 5) is 8.81. The molecule has 0 aliphatic carbocycles. The van der Waals surface area contributed by atoms with Crippen LogP contribution in [-0.2, 0) is 11.3 Å². The highest BCUT2D eigenvalue weighted by atomic mass is 79.9. The lowest BCUT2D eigenvalue weighted by Crippen LogP contribution is -2.05. The Hall–Kier alpha value is -1.66. The van der Waals surface area contributed by atoms with Crippen LogP contribution in [0.3, 0.4) is 0 Å². The molecule has 0 unspecified atom stereocenters. The largest absolute Gasteiger partial charge is 0.493 e. The van der Waals surface area contributed by atoms with E-state index in [-0.39, 0.29) is 0 Å². The number of benzene rings is 1. The van der Waals surface area contributed by atoms with E-state index < -0.39 is 0 Å². The van der Waals surface area contributed by atoms with Gasteiger partial charge in [0.2, 0.25) is 0 Å². The van der Waals surface area contributed by atoms with E-state index in [9.17, 15) is 0 Å². The number of nitrogens with two attached hydrogens (primary N) is 1. The first-order valence-electron chi connectivity index (χ1n) is 6.20. The number of nitrogens with zero attached hydrogens (tertiary/aromatic N) is 2. The molecule has 0 saturated heterocycles. The van der Waals surface area contributed by atoms with Crippen molar-refractivity contribution in [3.05, 3.63) is 34.4 Å². The fourth-order valence-electron chi connectivity index (χ4n) is 1.80. The summed E-state index contributed by atoms with van der Waals surface area (Å²) in [5.74, 6) is 1.65. The van der Waals surface area contributed by atoms with E-state index >= 15 is 0 Å². The molecule has 6 heteroatoms. The third-order valence-electron chi connectivity index (χ3n) is 2.65. The minimum Gasteiger partial charge on any atom is -0.493 e. The Morgan fingerprint density at radius 2 is 2.00 bits per heavy atom. The van der Waals surface area contributed by atoms with Crippen molar-refractivity contribution in [2.75, 3.05) is 19.5 Å². The highest BCUT2D eigenvalue weighted by Crippen LogP contribution is 2.30. The summed E-state index contributed by atoms with van der Waals surface area (Å²) < 4.78 is 11.4. The van der Waals surface area contributed by atoms with Gasteiger partial charge in [-0.05, 0) is 35.0 Å².